The molecule has 0 spiro atoms. The molecular formula is C32H29NP2. The summed E-state index contributed by atoms with van der Waals surface area (Å²) in [6.07, 6.45) is 0. The molecule has 0 fully saturated rings. The first-order valence-corrected chi connectivity index (χ1v) is 14.5. The van der Waals surface area contributed by atoms with Crippen LogP contribution >= 0.6 is 16.1 Å². The predicted molar refractivity (Wildman–Crippen MR) is 155 cm³/mol. The third kappa shape index (κ3) is 5.77. The zero-order chi connectivity index (χ0) is 23.9. The van der Waals surface area contributed by atoms with Crippen molar-refractivity contribution in [3.8, 4) is 0 Å². The summed E-state index contributed by atoms with van der Waals surface area (Å²) < 4.78 is 2.78. The smallest absolute Gasteiger partial charge is 0.0326 e. The quantitative estimate of drug-likeness (QED) is 0.215. The van der Waals surface area contributed by atoms with Gasteiger partial charge in [-0.1, -0.05) is 151 Å². The second-order valence-corrected chi connectivity index (χ2v) is 13.1. The summed E-state index contributed by atoms with van der Waals surface area (Å²) in [6, 6.07) is 53.2. The van der Waals surface area contributed by atoms with E-state index in [4.69, 9.17) is 0 Å². The minimum Gasteiger partial charge on any atom is -0.240 e. The molecule has 0 heterocycles. The molecule has 0 radical (unpaired) electrons. The fourth-order valence-corrected chi connectivity index (χ4v) is 10.2. The molecule has 1 nitrogen and oxygen atoms in total. The van der Waals surface area contributed by atoms with Crippen LogP contribution in [0.3, 0.4) is 0 Å². The molecule has 0 saturated carbocycles. The average Bonchev–Trinajstić information content (AvgIpc) is 2.93. The predicted octanol–water partition coefficient (Wildman–Crippen LogP) is 6.89. The molecule has 0 aliphatic rings. The van der Waals surface area contributed by atoms with Gasteiger partial charge in [-0.2, -0.15) is 0 Å². The highest BCUT2D eigenvalue weighted by atomic mass is 31.2. The first-order valence-electron chi connectivity index (χ1n) is 11.9. The van der Waals surface area contributed by atoms with Crippen LogP contribution in [0, 0.1) is 6.92 Å². The van der Waals surface area contributed by atoms with Gasteiger partial charge in [0.1, 0.15) is 0 Å². The number of hydrogen-bond acceptors (Lipinski definition) is 1. The summed E-state index contributed by atoms with van der Waals surface area (Å²) in [4.78, 5) is 0. The van der Waals surface area contributed by atoms with Gasteiger partial charge in [0.15, 0.2) is 0 Å². The number of rotatable bonds is 8. The van der Waals surface area contributed by atoms with Crippen molar-refractivity contribution in [2.24, 2.45) is 0 Å². The van der Waals surface area contributed by atoms with Crippen molar-refractivity contribution in [1.82, 2.24) is 4.44 Å². The fourth-order valence-electron chi connectivity index (χ4n) is 4.20. The third-order valence-corrected chi connectivity index (χ3v) is 11.3. The van der Waals surface area contributed by atoms with Gasteiger partial charge in [-0.15, -0.1) is 0 Å². The van der Waals surface area contributed by atoms with Gasteiger partial charge in [0.2, 0.25) is 0 Å². The van der Waals surface area contributed by atoms with E-state index in [2.05, 4.69) is 157 Å². The zero-order valence-electron chi connectivity index (χ0n) is 19.9. The van der Waals surface area contributed by atoms with Crippen LogP contribution in [-0.2, 0) is 6.54 Å². The van der Waals surface area contributed by atoms with Crippen LogP contribution in [0.15, 0.2) is 146 Å². The molecule has 5 aromatic carbocycles. The molecule has 0 aliphatic heterocycles. The molecule has 0 bridgehead atoms. The topological polar surface area (TPSA) is 3.24 Å². The van der Waals surface area contributed by atoms with E-state index in [0.29, 0.717) is 0 Å². The first-order chi connectivity index (χ1) is 17.3. The second-order valence-electron chi connectivity index (χ2n) is 8.48. The molecule has 172 valence electrons. The van der Waals surface area contributed by atoms with Gasteiger partial charge < -0.3 is 0 Å². The number of aryl methyl sites for hydroxylation is 1. The zero-order valence-corrected chi connectivity index (χ0v) is 21.7. The molecule has 0 amide bonds. The summed E-state index contributed by atoms with van der Waals surface area (Å²) in [5.74, 6) is 0. The largest absolute Gasteiger partial charge is 0.240 e. The fraction of sp³-hybridized carbons (Fsp3) is 0.0625. The van der Waals surface area contributed by atoms with Gasteiger partial charge in [-0.3, -0.25) is 0 Å². The maximum Gasteiger partial charge on any atom is 0.0326 e. The van der Waals surface area contributed by atoms with Crippen molar-refractivity contribution in [3.63, 3.8) is 0 Å². The summed E-state index contributed by atoms with van der Waals surface area (Å²) in [6.45, 7) is 3.04. The van der Waals surface area contributed by atoms with E-state index in [9.17, 15) is 0 Å². The van der Waals surface area contributed by atoms with E-state index >= 15 is 0 Å². The normalized spacial score (nSPS) is 11.3. The minimum absolute atomic E-state index is 0.770. The summed E-state index contributed by atoms with van der Waals surface area (Å²) in [5, 5.41) is 5.50. The molecule has 0 atom stereocenters. The van der Waals surface area contributed by atoms with Crippen LogP contribution in [0.4, 0.5) is 0 Å². The summed E-state index contributed by atoms with van der Waals surface area (Å²) >= 11 is 0. The molecule has 5 rings (SSSR count). The highest BCUT2D eigenvalue weighted by Gasteiger charge is 2.31. The van der Waals surface area contributed by atoms with Gasteiger partial charge in [0.05, 0.1) is 0 Å². The molecule has 0 unspecified atom stereocenters. The highest BCUT2D eigenvalue weighted by Crippen LogP contribution is 2.55. The third-order valence-electron chi connectivity index (χ3n) is 5.91. The number of nitrogens with zero attached hydrogens (tertiary/aromatic N) is 1. The van der Waals surface area contributed by atoms with Gasteiger partial charge in [0, 0.05) is 22.7 Å². The maximum absolute atomic E-state index is 2.78. The lowest BCUT2D eigenvalue weighted by atomic mass is 10.2. The van der Waals surface area contributed by atoms with E-state index in [1.54, 1.807) is 0 Å². The van der Waals surface area contributed by atoms with Crippen LogP contribution < -0.4 is 21.2 Å². The Kier molecular flexibility index (Phi) is 7.82. The molecule has 3 heteroatoms. The Balaban J connectivity index is 1.72. The standard InChI is InChI=1S/C32H29NP2/c1-27-22-24-28(25-23-27)26-33(34(29-14-6-2-7-15-29)30-16-8-3-9-17-30)35(31-18-10-4-11-19-31)32-20-12-5-13-21-32/h2-25H,26H2,1H3. The van der Waals surface area contributed by atoms with Crippen molar-refractivity contribution in [1.29, 1.82) is 0 Å². The lowest BCUT2D eigenvalue weighted by Gasteiger charge is -2.39. The number of hydrogen-bond donors (Lipinski definition) is 0. The highest BCUT2D eigenvalue weighted by molar-refractivity contribution is 7.84. The monoisotopic (exact) mass is 489 g/mol. The van der Waals surface area contributed by atoms with Crippen molar-refractivity contribution in [2.75, 3.05) is 0 Å². The Morgan fingerprint density at radius 1 is 0.429 bits per heavy atom. The Morgan fingerprint density at radius 3 is 1.06 bits per heavy atom. The van der Waals surface area contributed by atoms with Crippen molar-refractivity contribution in [3.05, 3.63) is 157 Å². The van der Waals surface area contributed by atoms with Gasteiger partial charge in [-0.25, -0.2) is 4.44 Å². The summed E-state index contributed by atoms with van der Waals surface area (Å²) in [7, 11) is -1.54. The average molecular weight is 490 g/mol. The van der Waals surface area contributed by atoms with Crippen LogP contribution in [0.5, 0.6) is 0 Å². The van der Waals surface area contributed by atoms with Crippen LogP contribution in [-0.4, -0.2) is 4.44 Å². The van der Waals surface area contributed by atoms with Gasteiger partial charge in [0.25, 0.3) is 0 Å². The molecule has 0 saturated heterocycles. The second kappa shape index (κ2) is 11.6. The van der Waals surface area contributed by atoms with Crippen molar-refractivity contribution in [2.45, 2.75) is 13.5 Å². The van der Waals surface area contributed by atoms with E-state index in [-0.39, 0.29) is 0 Å². The van der Waals surface area contributed by atoms with Crippen LogP contribution in [0.25, 0.3) is 0 Å². The SMILES string of the molecule is Cc1ccc(CN(P(c2ccccc2)c2ccccc2)P(c2ccccc2)c2ccccc2)cc1. The Morgan fingerprint density at radius 2 is 0.743 bits per heavy atom. The number of benzene rings is 5. The van der Waals surface area contributed by atoms with E-state index in [1.165, 1.54) is 32.3 Å². The van der Waals surface area contributed by atoms with E-state index in [0.717, 1.165) is 6.54 Å². The minimum atomic E-state index is -0.770. The molecule has 5 aromatic rings. The van der Waals surface area contributed by atoms with Crippen LogP contribution in [0.1, 0.15) is 11.1 Å². The summed E-state index contributed by atoms with van der Waals surface area (Å²) in [5.41, 5.74) is 2.64. The van der Waals surface area contributed by atoms with Crippen molar-refractivity contribution < 1.29 is 0 Å². The van der Waals surface area contributed by atoms with E-state index in [1.807, 2.05) is 0 Å². The molecule has 0 N–H and O–H groups in total. The Hall–Kier alpha value is -3.08. The van der Waals surface area contributed by atoms with Gasteiger partial charge in [-0.05, 0) is 33.7 Å². The lowest BCUT2D eigenvalue weighted by molar-refractivity contribution is 0.717. The van der Waals surface area contributed by atoms with Gasteiger partial charge >= 0.3 is 0 Å². The molecule has 0 aromatic heterocycles. The first kappa shape index (κ1) is 23.7. The molecule has 0 aliphatic carbocycles. The molecular weight excluding hydrogens is 460 g/mol. The maximum atomic E-state index is 2.78. The van der Waals surface area contributed by atoms with Crippen molar-refractivity contribution >= 4 is 37.4 Å². The van der Waals surface area contributed by atoms with E-state index < -0.39 is 16.1 Å². The lowest BCUT2D eigenvalue weighted by Crippen LogP contribution is -2.31. The Labute approximate surface area is 211 Å². The molecule has 35 heavy (non-hydrogen) atoms. The Bertz CT molecular complexity index is 1150. The van der Waals surface area contributed by atoms with Crippen LogP contribution in [0.2, 0.25) is 0 Å².